The van der Waals surface area contributed by atoms with E-state index in [0.717, 1.165) is 10.2 Å². The van der Waals surface area contributed by atoms with Crippen molar-refractivity contribution in [2.45, 2.75) is 13.5 Å². The summed E-state index contributed by atoms with van der Waals surface area (Å²) in [5.41, 5.74) is 10.1. The highest BCUT2D eigenvalue weighted by atomic mass is 35.5. The maximum atomic E-state index is 12.7. The second kappa shape index (κ2) is 10.0. The predicted molar refractivity (Wildman–Crippen MR) is 122 cm³/mol. The standard InChI is InChI=1S/C21H19ClN8O4/c1-12-18(30(29-25-12)20-19(23)27-34-28-20)21(31)26-24-10-13-7-8-16(17(9-13)32-2)33-11-14-5-3-4-6-15(14)22/h3-10H,11H2,1-2H3,(H2,23,27)(H,26,31). The number of benzene rings is 2. The van der Waals surface area contributed by atoms with Gasteiger partial charge in [0.05, 0.1) is 19.0 Å². The Balaban J connectivity index is 1.44. The summed E-state index contributed by atoms with van der Waals surface area (Å²) in [5, 5.41) is 19.5. The van der Waals surface area contributed by atoms with Crippen molar-refractivity contribution in [1.29, 1.82) is 0 Å². The number of anilines is 1. The molecule has 1 amide bonds. The summed E-state index contributed by atoms with van der Waals surface area (Å²) in [6.07, 6.45) is 1.45. The minimum absolute atomic E-state index is 0.0357. The van der Waals surface area contributed by atoms with Crippen molar-refractivity contribution >= 4 is 29.5 Å². The van der Waals surface area contributed by atoms with Gasteiger partial charge in [-0.05, 0) is 47.1 Å². The molecule has 0 aliphatic heterocycles. The van der Waals surface area contributed by atoms with Crippen LogP contribution in [0.25, 0.3) is 5.82 Å². The van der Waals surface area contributed by atoms with Gasteiger partial charge in [0.1, 0.15) is 6.61 Å². The fraction of sp³-hybridized carbons (Fsp3) is 0.143. The highest BCUT2D eigenvalue weighted by Crippen LogP contribution is 2.29. The molecule has 2 aromatic carbocycles. The van der Waals surface area contributed by atoms with Crippen LogP contribution in [-0.4, -0.2) is 44.5 Å². The van der Waals surface area contributed by atoms with Gasteiger partial charge in [-0.1, -0.05) is 35.0 Å². The molecule has 0 saturated heterocycles. The van der Waals surface area contributed by atoms with Crippen LogP contribution < -0.4 is 20.6 Å². The second-order valence-corrected chi connectivity index (χ2v) is 7.31. The summed E-state index contributed by atoms with van der Waals surface area (Å²) >= 11 is 6.18. The lowest BCUT2D eigenvalue weighted by Crippen LogP contribution is -2.22. The van der Waals surface area contributed by atoms with Gasteiger partial charge in [-0.3, -0.25) is 4.79 Å². The fourth-order valence-corrected chi connectivity index (χ4v) is 3.17. The van der Waals surface area contributed by atoms with E-state index in [1.807, 2.05) is 18.2 Å². The highest BCUT2D eigenvalue weighted by molar-refractivity contribution is 6.31. The van der Waals surface area contributed by atoms with Crippen LogP contribution in [-0.2, 0) is 6.61 Å². The number of ether oxygens (including phenoxy) is 2. The van der Waals surface area contributed by atoms with Crippen LogP contribution in [0.15, 0.2) is 52.2 Å². The van der Waals surface area contributed by atoms with Crippen molar-refractivity contribution in [2.24, 2.45) is 5.10 Å². The van der Waals surface area contributed by atoms with Gasteiger partial charge in [0.15, 0.2) is 17.2 Å². The van der Waals surface area contributed by atoms with Crippen molar-refractivity contribution in [3.63, 3.8) is 0 Å². The number of carbonyl (C=O) groups excluding carboxylic acids is 1. The number of hydrogen-bond acceptors (Lipinski definition) is 10. The third kappa shape index (κ3) is 4.81. The van der Waals surface area contributed by atoms with Crippen LogP contribution in [0.2, 0.25) is 5.02 Å². The Morgan fingerprint density at radius 3 is 2.82 bits per heavy atom. The number of nitrogens with one attached hydrogen (secondary N) is 1. The third-order valence-corrected chi connectivity index (χ3v) is 5.03. The van der Waals surface area contributed by atoms with Crippen molar-refractivity contribution in [1.82, 2.24) is 30.7 Å². The molecule has 174 valence electrons. The number of rotatable bonds is 8. The zero-order valence-corrected chi connectivity index (χ0v) is 18.9. The molecule has 3 N–H and O–H groups in total. The van der Waals surface area contributed by atoms with Gasteiger partial charge in [0.25, 0.3) is 5.91 Å². The Labute approximate surface area is 198 Å². The predicted octanol–water partition coefficient (Wildman–Crippen LogP) is 2.55. The summed E-state index contributed by atoms with van der Waals surface area (Å²) in [4.78, 5) is 12.7. The number of methoxy groups -OCH3 is 1. The molecule has 0 atom stereocenters. The molecule has 4 rings (SSSR count). The lowest BCUT2D eigenvalue weighted by Gasteiger charge is -2.12. The fourth-order valence-electron chi connectivity index (χ4n) is 2.98. The van der Waals surface area contributed by atoms with Gasteiger partial charge in [-0.15, -0.1) is 5.10 Å². The number of carbonyl (C=O) groups is 1. The number of aryl methyl sites for hydroxylation is 1. The number of nitrogens with two attached hydrogens (primary N) is 1. The first-order valence-corrected chi connectivity index (χ1v) is 10.2. The quantitative estimate of drug-likeness (QED) is 0.284. The lowest BCUT2D eigenvalue weighted by atomic mass is 10.2. The van der Waals surface area contributed by atoms with E-state index in [2.05, 4.69) is 35.8 Å². The number of nitrogen functional groups attached to an aromatic ring is 1. The normalized spacial score (nSPS) is 11.0. The smallest absolute Gasteiger partial charge is 0.292 e. The van der Waals surface area contributed by atoms with Gasteiger partial charge < -0.3 is 15.2 Å². The molecular weight excluding hydrogens is 464 g/mol. The molecule has 13 heteroatoms. The largest absolute Gasteiger partial charge is 0.493 e. The van der Waals surface area contributed by atoms with Crippen molar-refractivity contribution < 1.29 is 18.9 Å². The molecule has 2 aromatic heterocycles. The number of aromatic nitrogens is 5. The van der Waals surface area contributed by atoms with E-state index in [0.29, 0.717) is 27.8 Å². The molecule has 2 heterocycles. The molecule has 12 nitrogen and oxygen atoms in total. The maximum absolute atomic E-state index is 12.7. The van der Waals surface area contributed by atoms with E-state index in [4.69, 9.17) is 26.8 Å². The van der Waals surface area contributed by atoms with Gasteiger partial charge >= 0.3 is 0 Å². The van der Waals surface area contributed by atoms with E-state index in [9.17, 15) is 4.79 Å². The van der Waals surface area contributed by atoms with E-state index in [1.165, 1.54) is 13.3 Å². The average molecular weight is 483 g/mol. The Kier molecular flexibility index (Phi) is 6.69. The zero-order chi connectivity index (χ0) is 24.1. The van der Waals surface area contributed by atoms with Crippen molar-refractivity contribution in [3.05, 3.63) is 70.0 Å². The maximum Gasteiger partial charge on any atom is 0.292 e. The Bertz CT molecular complexity index is 1350. The molecule has 0 fully saturated rings. The van der Waals surface area contributed by atoms with Crippen molar-refractivity contribution in [3.8, 4) is 17.3 Å². The molecule has 0 bridgehead atoms. The Hall–Kier alpha value is -4.45. The molecule has 0 spiro atoms. The van der Waals surface area contributed by atoms with E-state index < -0.39 is 5.91 Å². The summed E-state index contributed by atoms with van der Waals surface area (Å²) in [5.74, 6) is 0.466. The van der Waals surface area contributed by atoms with Gasteiger partial charge in [0.2, 0.25) is 11.6 Å². The number of amides is 1. The lowest BCUT2D eigenvalue weighted by molar-refractivity contribution is 0.0946. The number of hydrogen-bond donors (Lipinski definition) is 2. The average Bonchev–Trinajstić information content (AvgIpc) is 3.43. The first kappa shape index (κ1) is 22.7. The summed E-state index contributed by atoms with van der Waals surface area (Å²) in [6, 6.07) is 12.6. The first-order valence-electron chi connectivity index (χ1n) is 9.86. The van der Waals surface area contributed by atoms with Crippen LogP contribution >= 0.6 is 11.6 Å². The summed E-state index contributed by atoms with van der Waals surface area (Å²) in [7, 11) is 1.53. The molecule has 0 aliphatic rings. The van der Waals surface area contributed by atoms with Crippen LogP contribution in [0.4, 0.5) is 5.82 Å². The third-order valence-electron chi connectivity index (χ3n) is 4.66. The Morgan fingerprint density at radius 1 is 1.26 bits per heavy atom. The SMILES string of the molecule is COc1cc(C=NNC(=O)c2c(C)nnn2-c2nonc2N)ccc1OCc1ccccc1Cl. The zero-order valence-electron chi connectivity index (χ0n) is 18.1. The number of hydrazone groups is 1. The van der Waals surface area contributed by atoms with Gasteiger partial charge in [0, 0.05) is 10.6 Å². The van der Waals surface area contributed by atoms with Gasteiger partial charge in [-0.2, -0.15) is 9.78 Å². The molecule has 0 aliphatic carbocycles. The van der Waals surface area contributed by atoms with Gasteiger partial charge in [-0.25, -0.2) is 10.1 Å². The Morgan fingerprint density at radius 2 is 2.09 bits per heavy atom. The topological polar surface area (TPSA) is 156 Å². The number of halogens is 1. The van der Waals surface area contributed by atoms with Crippen LogP contribution in [0, 0.1) is 6.92 Å². The molecule has 0 saturated carbocycles. The molecule has 34 heavy (non-hydrogen) atoms. The van der Waals surface area contributed by atoms with Crippen LogP contribution in [0.1, 0.15) is 27.3 Å². The molecule has 0 radical (unpaired) electrons. The van der Waals surface area contributed by atoms with E-state index in [-0.39, 0.29) is 23.9 Å². The summed E-state index contributed by atoms with van der Waals surface area (Å²) in [6.45, 7) is 1.89. The van der Waals surface area contributed by atoms with Crippen molar-refractivity contribution in [2.75, 3.05) is 12.8 Å². The molecule has 4 aromatic rings. The highest BCUT2D eigenvalue weighted by Gasteiger charge is 2.22. The van der Waals surface area contributed by atoms with E-state index >= 15 is 0 Å². The second-order valence-electron chi connectivity index (χ2n) is 6.90. The van der Waals surface area contributed by atoms with Crippen LogP contribution in [0.5, 0.6) is 11.5 Å². The number of nitrogens with zero attached hydrogens (tertiary/aromatic N) is 6. The molecule has 0 unspecified atom stereocenters. The minimum Gasteiger partial charge on any atom is -0.493 e. The monoisotopic (exact) mass is 482 g/mol. The minimum atomic E-state index is -0.576. The summed E-state index contributed by atoms with van der Waals surface area (Å²) < 4.78 is 16.9. The molecular formula is C21H19ClN8O4. The van der Waals surface area contributed by atoms with E-state index in [1.54, 1.807) is 31.2 Å². The first-order chi connectivity index (χ1) is 16.5. The van der Waals surface area contributed by atoms with Crippen LogP contribution in [0.3, 0.4) is 0 Å².